The van der Waals surface area contributed by atoms with E-state index < -0.39 is 47.4 Å². The van der Waals surface area contributed by atoms with Crippen LogP contribution < -0.4 is 67.1 Å². The van der Waals surface area contributed by atoms with Crippen LogP contribution in [0.3, 0.4) is 0 Å². The maximum atomic E-state index is 12.1. The van der Waals surface area contributed by atoms with Gasteiger partial charge in [-0.05, 0) is 106 Å². The Bertz CT molecular complexity index is 1790. The molecule has 0 aromatic heterocycles. The SMILES string of the molecule is C=C(CC(Cc1ccc(-c2ccccc2)cc1)NC(=O)OC(C)(C)C)C(=O)O.C=C(CC(Cc1ccc(-c2ccccc2)cc1)NC(=O)OC(C)(C)C)C(=O)[O-].[K+]. The summed E-state index contributed by atoms with van der Waals surface area (Å²) in [5.74, 6) is -2.40. The quantitative estimate of drug-likeness (QED) is 0.115. The molecule has 0 fully saturated rings. The topological polar surface area (TPSA) is 154 Å². The Morgan fingerprint density at radius 2 is 0.895 bits per heavy atom. The zero-order valence-electron chi connectivity index (χ0n) is 34.1. The van der Waals surface area contributed by atoms with E-state index >= 15 is 0 Å². The monoisotopic (exact) mass is 800 g/mol. The minimum atomic E-state index is -1.32. The van der Waals surface area contributed by atoms with Gasteiger partial charge in [0.2, 0.25) is 0 Å². The number of carboxylic acids is 2. The van der Waals surface area contributed by atoms with Crippen LogP contribution in [0.2, 0.25) is 0 Å². The first kappa shape index (κ1) is 48.6. The Balaban J connectivity index is 0.000000387. The maximum absolute atomic E-state index is 12.1. The maximum Gasteiger partial charge on any atom is 1.00 e. The molecule has 57 heavy (non-hydrogen) atoms. The van der Waals surface area contributed by atoms with Crippen molar-refractivity contribution in [1.29, 1.82) is 0 Å². The first-order valence-electron chi connectivity index (χ1n) is 18.4. The zero-order chi connectivity index (χ0) is 41.5. The predicted molar refractivity (Wildman–Crippen MR) is 218 cm³/mol. The van der Waals surface area contributed by atoms with Crippen molar-refractivity contribution in [2.24, 2.45) is 0 Å². The van der Waals surface area contributed by atoms with Gasteiger partial charge in [-0.2, -0.15) is 0 Å². The van der Waals surface area contributed by atoms with E-state index in [0.717, 1.165) is 33.4 Å². The van der Waals surface area contributed by atoms with E-state index in [-0.39, 0.29) is 75.4 Å². The van der Waals surface area contributed by atoms with Crippen molar-refractivity contribution in [2.75, 3.05) is 0 Å². The van der Waals surface area contributed by atoms with Gasteiger partial charge in [0.1, 0.15) is 11.2 Å². The van der Waals surface area contributed by atoms with Gasteiger partial charge in [-0.25, -0.2) is 14.4 Å². The number of hydrogen-bond donors (Lipinski definition) is 3. The van der Waals surface area contributed by atoms with Crippen LogP contribution in [0, 0.1) is 0 Å². The molecule has 3 N–H and O–H groups in total. The van der Waals surface area contributed by atoms with Crippen LogP contribution in [0.15, 0.2) is 133 Å². The van der Waals surface area contributed by atoms with E-state index in [1.807, 2.05) is 109 Å². The third-order valence-electron chi connectivity index (χ3n) is 8.10. The molecule has 0 bridgehead atoms. The van der Waals surface area contributed by atoms with Gasteiger partial charge in [-0.1, -0.05) is 122 Å². The predicted octanol–water partition coefficient (Wildman–Crippen LogP) is 5.31. The number of carboxylic acid groups (broad SMARTS) is 2. The van der Waals surface area contributed by atoms with Crippen LogP contribution in [-0.4, -0.2) is 52.5 Å². The summed E-state index contributed by atoms with van der Waals surface area (Å²) in [6, 6.07) is 35.1. The van der Waals surface area contributed by atoms with Gasteiger partial charge in [-0.3, -0.25) is 0 Å². The van der Waals surface area contributed by atoms with E-state index in [1.54, 1.807) is 41.5 Å². The molecule has 0 aliphatic heterocycles. The number of rotatable bonds is 14. The van der Waals surface area contributed by atoms with Crippen molar-refractivity contribution in [1.82, 2.24) is 10.6 Å². The molecule has 4 aromatic rings. The number of hydrogen-bond acceptors (Lipinski definition) is 7. The van der Waals surface area contributed by atoms with E-state index in [4.69, 9.17) is 14.6 Å². The minimum absolute atomic E-state index is 0. The van der Waals surface area contributed by atoms with E-state index in [0.29, 0.717) is 12.8 Å². The molecule has 0 aliphatic carbocycles. The number of benzene rings is 4. The van der Waals surface area contributed by atoms with Gasteiger partial charge in [-0.15, -0.1) is 0 Å². The molecule has 4 rings (SSSR count). The summed E-state index contributed by atoms with van der Waals surface area (Å²) >= 11 is 0. The molecule has 10 nitrogen and oxygen atoms in total. The molecule has 4 aromatic carbocycles. The first-order chi connectivity index (χ1) is 26.3. The van der Waals surface area contributed by atoms with E-state index in [2.05, 4.69) is 23.8 Å². The standard InChI is InChI=1S/2C23H27NO4.K/c2*1-16(21(25)26)14-20(24-22(27)28-23(2,3)4)15-17-10-12-19(13-11-17)18-8-6-5-7-9-18;/h2*5-13,20H,1,14-15H2,2-4H3,(H,24,27)(H,25,26);/q;;+1/p-1. The molecule has 0 saturated carbocycles. The number of carbonyl (C=O) groups is 4. The van der Waals surface area contributed by atoms with Gasteiger partial charge < -0.3 is 35.1 Å². The average Bonchev–Trinajstić information content (AvgIpc) is 3.11. The molecule has 2 amide bonds. The number of amides is 2. The van der Waals surface area contributed by atoms with Crippen molar-refractivity contribution >= 4 is 24.1 Å². The molecular weight excluding hydrogens is 748 g/mol. The smallest absolute Gasteiger partial charge is 0.545 e. The first-order valence-corrected chi connectivity index (χ1v) is 18.4. The molecule has 0 radical (unpaired) electrons. The van der Waals surface area contributed by atoms with Gasteiger partial charge in [0.25, 0.3) is 0 Å². The molecule has 2 atom stereocenters. The average molecular weight is 801 g/mol. The van der Waals surface area contributed by atoms with Gasteiger partial charge in [0.05, 0.1) is 5.97 Å². The Hall–Kier alpha value is -4.52. The molecule has 296 valence electrons. The Morgan fingerprint density at radius 3 is 1.19 bits per heavy atom. The van der Waals surface area contributed by atoms with Crippen molar-refractivity contribution in [3.63, 3.8) is 0 Å². The summed E-state index contributed by atoms with van der Waals surface area (Å²) in [4.78, 5) is 46.5. The number of aliphatic carboxylic acids is 2. The number of alkyl carbamates (subject to hydrolysis) is 2. The van der Waals surface area contributed by atoms with Crippen molar-refractivity contribution < 1.29 is 90.2 Å². The Labute approximate surface area is 379 Å². The molecule has 11 heteroatoms. The molecule has 0 saturated heterocycles. The summed E-state index contributed by atoms with van der Waals surface area (Å²) < 4.78 is 10.6. The molecule has 0 heterocycles. The Kier molecular flexibility index (Phi) is 19.6. The normalized spacial score (nSPS) is 11.9. The summed E-state index contributed by atoms with van der Waals surface area (Å²) in [5, 5.41) is 25.7. The Morgan fingerprint density at radius 1 is 0.579 bits per heavy atom. The van der Waals surface area contributed by atoms with Crippen LogP contribution in [0.25, 0.3) is 22.3 Å². The third-order valence-corrected chi connectivity index (χ3v) is 8.10. The van der Waals surface area contributed by atoms with Crippen LogP contribution in [0.4, 0.5) is 9.59 Å². The second kappa shape index (κ2) is 23.0. The fourth-order valence-electron chi connectivity index (χ4n) is 5.56. The second-order valence-electron chi connectivity index (χ2n) is 15.4. The van der Waals surface area contributed by atoms with Crippen molar-refractivity contribution in [3.8, 4) is 22.3 Å². The fourth-order valence-corrected chi connectivity index (χ4v) is 5.56. The summed E-state index contributed by atoms with van der Waals surface area (Å²) in [6.45, 7) is 17.7. The van der Waals surface area contributed by atoms with Gasteiger partial charge >= 0.3 is 69.5 Å². The van der Waals surface area contributed by atoms with Crippen LogP contribution in [-0.2, 0) is 31.9 Å². The molecule has 2 unspecified atom stereocenters. The molecular formula is C46H53KN2O8. The van der Waals surface area contributed by atoms with Crippen molar-refractivity contribution in [3.05, 3.63) is 145 Å². The van der Waals surface area contributed by atoms with Gasteiger partial charge in [0.15, 0.2) is 0 Å². The van der Waals surface area contributed by atoms with Gasteiger partial charge in [0, 0.05) is 17.7 Å². The van der Waals surface area contributed by atoms with Crippen molar-refractivity contribution in [2.45, 2.75) is 90.5 Å². The van der Waals surface area contributed by atoms with Crippen LogP contribution in [0.5, 0.6) is 0 Å². The zero-order valence-corrected chi connectivity index (χ0v) is 37.2. The summed E-state index contributed by atoms with van der Waals surface area (Å²) in [6.07, 6.45) is -0.0423. The number of ether oxygens (including phenoxy) is 2. The molecule has 0 spiro atoms. The minimum Gasteiger partial charge on any atom is -0.545 e. The second-order valence-corrected chi connectivity index (χ2v) is 15.4. The largest absolute Gasteiger partial charge is 1.00 e. The van der Waals surface area contributed by atoms with E-state index in [1.165, 1.54) is 0 Å². The van der Waals surface area contributed by atoms with E-state index in [9.17, 15) is 24.3 Å². The summed E-state index contributed by atoms with van der Waals surface area (Å²) in [5.41, 5.74) is 5.07. The number of nitrogens with one attached hydrogen (secondary N) is 2. The summed E-state index contributed by atoms with van der Waals surface area (Å²) in [7, 11) is 0. The molecule has 0 aliphatic rings. The fraction of sp³-hybridized carbons (Fsp3) is 0.304. The van der Waals surface area contributed by atoms with Crippen LogP contribution in [0.1, 0.15) is 65.5 Å². The van der Waals surface area contributed by atoms with Crippen LogP contribution >= 0.6 is 0 Å². The third kappa shape index (κ3) is 19.0. The number of carbonyl (C=O) groups excluding carboxylic acids is 3.